The predicted molar refractivity (Wildman–Crippen MR) is 97.1 cm³/mol. The first-order valence-electron chi connectivity index (χ1n) is 8.81. The molecule has 1 heterocycles. The molecule has 1 atom stereocenters. The summed E-state index contributed by atoms with van der Waals surface area (Å²) in [5.41, 5.74) is 2.52. The Balaban J connectivity index is 1.63. The van der Waals surface area contributed by atoms with Crippen molar-refractivity contribution in [1.29, 1.82) is 0 Å². The lowest BCUT2D eigenvalue weighted by Gasteiger charge is -2.24. The van der Waals surface area contributed by atoms with Crippen LogP contribution >= 0.6 is 0 Å². The number of amides is 1. The molecule has 0 bridgehead atoms. The van der Waals surface area contributed by atoms with Gasteiger partial charge in [0.2, 0.25) is 0 Å². The van der Waals surface area contributed by atoms with Gasteiger partial charge < -0.3 is 10.6 Å². The Hall–Kier alpha value is -2.36. The molecular formula is C20H25N3O. The van der Waals surface area contributed by atoms with E-state index < -0.39 is 0 Å². The van der Waals surface area contributed by atoms with E-state index in [1.54, 1.807) is 6.20 Å². The highest BCUT2D eigenvalue weighted by atomic mass is 16.1. The molecule has 1 aliphatic carbocycles. The van der Waals surface area contributed by atoms with Crippen LogP contribution in [0.2, 0.25) is 0 Å². The lowest BCUT2D eigenvalue weighted by molar-refractivity contribution is 0.0935. The molecule has 4 nitrogen and oxygen atoms in total. The van der Waals surface area contributed by atoms with E-state index in [1.165, 1.54) is 32.1 Å². The van der Waals surface area contributed by atoms with E-state index in [4.69, 9.17) is 0 Å². The quantitative estimate of drug-likeness (QED) is 0.861. The van der Waals surface area contributed by atoms with Crippen molar-refractivity contribution in [3.63, 3.8) is 0 Å². The third kappa shape index (κ3) is 4.34. The van der Waals surface area contributed by atoms with E-state index in [2.05, 4.69) is 15.6 Å². The van der Waals surface area contributed by atoms with Crippen LogP contribution in [0, 0.1) is 0 Å². The van der Waals surface area contributed by atoms with Crippen LogP contribution in [0.5, 0.6) is 0 Å². The standard InChI is InChI=1S/C20H25N3O/c1-15(16-8-4-2-5-9-16)22-20(24)19-14-18(12-13-21-19)23-17-10-6-3-7-11-17/h2,4-5,8-9,12-15,17H,3,6-7,10-11H2,1H3,(H,21,23)(H,22,24). The molecule has 2 aromatic rings. The molecule has 2 N–H and O–H groups in total. The van der Waals surface area contributed by atoms with E-state index in [1.807, 2.05) is 49.4 Å². The zero-order valence-electron chi connectivity index (χ0n) is 14.2. The molecule has 1 unspecified atom stereocenters. The maximum atomic E-state index is 12.5. The molecule has 1 aromatic carbocycles. The summed E-state index contributed by atoms with van der Waals surface area (Å²) in [4.78, 5) is 16.7. The molecule has 0 spiro atoms. The Labute approximate surface area is 143 Å². The summed E-state index contributed by atoms with van der Waals surface area (Å²) in [6, 6.07) is 14.2. The molecule has 0 saturated heterocycles. The molecule has 126 valence electrons. The normalized spacial score (nSPS) is 16.4. The molecule has 4 heteroatoms. The molecule has 0 aliphatic heterocycles. The number of nitrogens with one attached hydrogen (secondary N) is 2. The summed E-state index contributed by atoms with van der Waals surface area (Å²) < 4.78 is 0. The maximum absolute atomic E-state index is 12.5. The fourth-order valence-electron chi connectivity index (χ4n) is 3.22. The van der Waals surface area contributed by atoms with E-state index in [-0.39, 0.29) is 11.9 Å². The molecule has 1 aliphatic rings. The van der Waals surface area contributed by atoms with Crippen LogP contribution < -0.4 is 10.6 Å². The zero-order chi connectivity index (χ0) is 16.8. The van der Waals surface area contributed by atoms with Gasteiger partial charge in [0.15, 0.2) is 0 Å². The van der Waals surface area contributed by atoms with Gasteiger partial charge in [-0.25, -0.2) is 0 Å². The van der Waals surface area contributed by atoms with Gasteiger partial charge in [-0.3, -0.25) is 9.78 Å². The molecule has 1 aromatic heterocycles. The number of anilines is 1. The first-order chi connectivity index (χ1) is 11.7. The maximum Gasteiger partial charge on any atom is 0.270 e. The molecule has 1 amide bonds. The predicted octanol–water partition coefficient (Wildman–Crippen LogP) is 4.32. The smallest absolute Gasteiger partial charge is 0.270 e. The Morgan fingerprint density at radius 2 is 1.88 bits per heavy atom. The Kier molecular flexibility index (Phi) is 5.47. The molecule has 0 radical (unpaired) electrons. The molecule has 1 saturated carbocycles. The van der Waals surface area contributed by atoms with Gasteiger partial charge in [-0.05, 0) is 37.5 Å². The van der Waals surface area contributed by atoms with Crippen molar-refractivity contribution < 1.29 is 4.79 Å². The van der Waals surface area contributed by atoms with Gasteiger partial charge in [0, 0.05) is 17.9 Å². The lowest BCUT2D eigenvalue weighted by atomic mass is 9.95. The van der Waals surface area contributed by atoms with Crippen molar-refractivity contribution in [1.82, 2.24) is 10.3 Å². The summed E-state index contributed by atoms with van der Waals surface area (Å²) >= 11 is 0. The van der Waals surface area contributed by atoms with Crippen LogP contribution in [0.4, 0.5) is 5.69 Å². The minimum absolute atomic E-state index is 0.0459. The molecule has 1 fully saturated rings. The van der Waals surface area contributed by atoms with Gasteiger partial charge in [0.05, 0.1) is 6.04 Å². The fourth-order valence-corrected chi connectivity index (χ4v) is 3.22. The zero-order valence-corrected chi connectivity index (χ0v) is 14.2. The van der Waals surface area contributed by atoms with E-state index in [9.17, 15) is 4.79 Å². The largest absolute Gasteiger partial charge is 0.382 e. The van der Waals surface area contributed by atoms with Crippen LogP contribution in [0.1, 0.15) is 61.1 Å². The Morgan fingerprint density at radius 1 is 1.12 bits per heavy atom. The summed E-state index contributed by atoms with van der Waals surface area (Å²) in [5, 5.41) is 6.56. The second kappa shape index (κ2) is 7.95. The molecule has 24 heavy (non-hydrogen) atoms. The molecule has 3 rings (SSSR count). The number of carbonyl (C=O) groups is 1. The van der Waals surface area contributed by atoms with Gasteiger partial charge in [-0.15, -0.1) is 0 Å². The lowest BCUT2D eigenvalue weighted by Crippen LogP contribution is -2.28. The molecular weight excluding hydrogens is 298 g/mol. The Bertz CT molecular complexity index is 666. The van der Waals surface area contributed by atoms with Gasteiger partial charge in [-0.2, -0.15) is 0 Å². The third-order valence-corrected chi connectivity index (χ3v) is 4.62. The van der Waals surface area contributed by atoms with E-state index in [0.29, 0.717) is 11.7 Å². The van der Waals surface area contributed by atoms with Crippen molar-refractivity contribution in [3.8, 4) is 0 Å². The van der Waals surface area contributed by atoms with Crippen molar-refractivity contribution in [3.05, 3.63) is 59.9 Å². The summed E-state index contributed by atoms with van der Waals surface area (Å²) in [6.07, 6.45) is 8.01. The van der Waals surface area contributed by atoms with Gasteiger partial charge >= 0.3 is 0 Å². The first-order valence-corrected chi connectivity index (χ1v) is 8.81. The van der Waals surface area contributed by atoms with E-state index in [0.717, 1.165) is 11.3 Å². The number of benzene rings is 1. The van der Waals surface area contributed by atoms with Crippen LogP contribution in [0.25, 0.3) is 0 Å². The highest BCUT2D eigenvalue weighted by Crippen LogP contribution is 2.22. The first kappa shape index (κ1) is 16.5. The number of hydrogen-bond acceptors (Lipinski definition) is 3. The van der Waals surface area contributed by atoms with Crippen molar-refractivity contribution in [2.75, 3.05) is 5.32 Å². The summed E-state index contributed by atoms with van der Waals surface area (Å²) in [7, 11) is 0. The number of carbonyl (C=O) groups excluding carboxylic acids is 1. The van der Waals surface area contributed by atoms with Crippen molar-refractivity contribution >= 4 is 11.6 Å². The Morgan fingerprint density at radius 3 is 2.62 bits per heavy atom. The van der Waals surface area contributed by atoms with Crippen molar-refractivity contribution in [2.24, 2.45) is 0 Å². The van der Waals surface area contributed by atoms with Gasteiger partial charge in [0.25, 0.3) is 5.91 Å². The topological polar surface area (TPSA) is 54.0 Å². The summed E-state index contributed by atoms with van der Waals surface area (Å²) in [6.45, 7) is 1.98. The average molecular weight is 323 g/mol. The highest BCUT2D eigenvalue weighted by Gasteiger charge is 2.15. The number of pyridine rings is 1. The van der Waals surface area contributed by atoms with Crippen LogP contribution in [-0.2, 0) is 0 Å². The number of rotatable bonds is 5. The third-order valence-electron chi connectivity index (χ3n) is 4.62. The van der Waals surface area contributed by atoms with Crippen LogP contribution in [0.3, 0.4) is 0 Å². The number of nitrogens with zero attached hydrogens (tertiary/aromatic N) is 1. The monoisotopic (exact) mass is 323 g/mol. The van der Waals surface area contributed by atoms with E-state index >= 15 is 0 Å². The second-order valence-corrected chi connectivity index (χ2v) is 6.51. The van der Waals surface area contributed by atoms with Crippen molar-refractivity contribution in [2.45, 2.75) is 51.1 Å². The highest BCUT2D eigenvalue weighted by molar-refractivity contribution is 5.93. The fraction of sp³-hybridized carbons (Fsp3) is 0.400. The minimum Gasteiger partial charge on any atom is -0.382 e. The number of aromatic nitrogens is 1. The summed E-state index contributed by atoms with van der Waals surface area (Å²) in [5.74, 6) is -0.140. The second-order valence-electron chi connectivity index (χ2n) is 6.51. The average Bonchev–Trinajstić information content (AvgIpc) is 2.63. The van der Waals surface area contributed by atoms with Gasteiger partial charge in [-0.1, -0.05) is 49.6 Å². The van der Waals surface area contributed by atoms with Crippen LogP contribution in [-0.4, -0.2) is 16.9 Å². The van der Waals surface area contributed by atoms with Gasteiger partial charge in [0.1, 0.15) is 5.69 Å². The number of hydrogen-bond donors (Lipinski definition) is 2. The SMILES string of the molecule is CC(NC(=O)c1cc(NC2CCCCC2)ccn1)c1ccccc1. The van der Waals surface area contributed by atoms with Crippen LogP contribution in [0.15, 0.2) is 48.7 Å². The minimum atomic E-state index is -0.140.